The molecule has 0 N–H and O–H groups in total. The van der Waals surface area contributed by atoms with Crippen LogP contribution in [0.15, 0.2) is 24.4 Å². The lowest BCUT2D eigenvalue weighted by Gasteiger charge is -1.98. The molecule has 0 amide bonds. The van der Waals surface area contributed by atoms with Crippen LogP contribution in [0, 0.1) is 0 Å². The van der Waals surface area contributed by atoms with Crippen molar-refractivity contribution in [2.75, 3.05) is 6.61 Å². The van der Waals surface area contributed by atoms with E-state index < -0.39 is 0 Å². The molecule has 1 aromatic carbocycles. The first kappa shape index (κ1) is 7.09. The van der Waals surface area contributed by atoms with Gasteiger partial charge in [0.1, 0.15) is 6.10 Å². The van der Waals surface area contributed by atoms with E-state index in [1.165, 1.54) is 16.5 Å². The summed E-state index contributed by atoms with van der Waals surface area (Å²) in [6.45, 7) is 0.855. The molecule has 0 saturated carbocycles. The molecule has 0 radical (unpaired) electrons. The summed E-state index contributed by atoms with van der Waals surface area (Å²) in [6.07, 6.45) is 2.22. The first-order chi connectivity index (χ1) is 6.36. The maximum absolute atomic E-state index is 5.27. The van der Waals surface area contributed by atoms with Gasteiger partial charge in [0.05, 0.1) is 18.3 Å². The predicted octanol–water partition coefficient (Wildman–Crippen LogP) is 1.64. The van der Waals surface area contributed by atoms with Crippen molar-refractivity contribution in [1.29, 1.82) is 0 Å². The molecule has 0 aliphatic carbocycles. The lowest BCUT2D eigenvalue weighted by atomic mass is 10.1. The minimum atomic E-state index is 0.313. The maximum Gasteiger partial charge on any atom is 0.107 e. The highest BCUT2D eigenvalue weighted by Crippen LogP contribution is 2.34. The normalized spacial score (nSPS) is 20.8. The molecule has 2 heterocycles. The quantitative estimate of drug-likeness (QED) is 0.615. The molecular weight excluding hydrogens is 164 g/mol. The fraction of sp³-hybridized carbons (Fsp3) is 0.300. The van der Waals surface area contributed by atoms with Crippen molar-refractivity contribution < 1.29 is 4.74 Å². The molecule has 1 aliphatic heterocycles. The molecule has 2 aromatic rings. The van der Waals surface area contributed by atoms with E-state index in [-0.39, 0.29) is 0 Å². The van der Waals surface area contributed by atoms with Gasteiger partial charge >= 0.3 is 0 Å². The molecule has 1 aliphatic rings. The van der Waals surface area contributed by atoms with E-state index in [1.807, 2.05) is 17.9 Å². The van der Waals surface area contributed by atoms with Gasteiger partial charge in [-0.25, -0.2) is 0 Å². The third-order valence-corrected chi connectivity index (χ3v) is 2.51. The van der Waals surface area contributed by atoms with Crippen LogP contribution in [0.3, 0.4) is 0 Å². The van der Waals surface area contributed by atoms with Crippen molar-refractivity contribution in [2.45, 2.75) is 6.10 Å². The Morgan fingerprint density at radius 2 is 2.38 bits per heavy atom. The zero-order chi connectivity index (χ0) is 8.84. The molecule has 0 spiro atoms. The van der Waals surface area contributed by atoms with Crippen LogP contribution < -0.4 is 0 Å². The zero-order valence-electron chi connectivity index (χ0n) is 7.40. The number of aromatic nitrogens is 2. The second-order valence-electron chi connectivity index (χ2n) is 3.37. The number of ether oxygens (including phenoxy) is 1. The zero-order valence-corrected chi connectivity index (χ0v) is 7.40. The van der Waals surface area contributed by atoms with Crippen LogP contribution in [-0.4, -0.2) is 16.4 Å². The number of nitrogens with zero attached hydrogens (tertiary/aromatic N) is 2. The number of aryl methyl sites for hydroxylation is 1. The van der Waals surface area contributed by atoms with Crippen molar-refractivity contribution in [3.05, 3.63) is 30.0 Å². The lowest BCUT2D eigenvalue weighted by molar-refractivity contribution is 0.417. The molecule has 1 aromatic heterocycles. The fourth-order valence-corrected chi connectivity index (χ4v) is 1.71. The van der Waals surface area contributed by atoms with Crippen LogP contribution in [0.5, 0.6) is 0 Å². The Morgan fingerprint density at radius 3 is 3.15 bits per heavy atom. The van der Waals surface area contributed by atoms with Gasteiger partial charge in [-0.2, -0.15) is 5.10 Å². The molecule has 13 heavy (non-hydrogen) atoms. The molecule has 1 saturated heterocycles. The summed E-state index contributed by atoms with van der Waals surface area (Å²) in [4.78, 5) is 0. The van der Waals surface area contributed by atoms with E-state index in [1.54, 1.807) is 0 Å². The summed E-state index contributed by atoms with van der Waals surface area (Å²) in [7, 11) is 1.96. The highest BCUT2D eigenvalue weighted by molar-refractivity contribution is 5.82. The monoisotopic (exact) mass is 174 g/mol. The molecule has 1 atom stereocenters. The Kier molecular flexibility index (Phi) is 1.27. The van der Waals surface area contributed by atoms with Crippen molar-refractivity contribution in [3.8, 4) is 0 Å². The predicted molar refractivity (Wildman–Crippen MR) is 49.4 cm³/mol. The van der Waals surface area contributed by atoms with Gasteiger partial charge in [-0.05, 0) is 11.6 Å². The first-order valence-electron chi connectivity index (χ1n) is 4.38. The number of rotatable bonds is 1. The Morgan fingerprint density at radius 1 is 1.54 bits per heavy atom. The smallest absolute Gasteiger partial charge is 0.107 e. The lowest BCUT2D eigenvalue weighted by Crippen LogP contribution is -1.89. The van der Waals surface area contributed by atoms with Crippen LogP contribution in [0.4, 0.5) is 0 Å². The van der Waals surface area contributed by atoms with Crippen LogP contribution in [0.2, 0.25) is 0 Å². The molecule has 1 fully saturated rings. The molecule has 1 unspecified atom stereocenters. The SMILES string of the molecule is Cn1ncc2c(C3CO3)cccc21. The third kappa shape index (κ3) is 0.971. The van der Waals surface area contributed by atoms with Crippen LogP contribution in [0.25, 0.3) is 10.9 Å². The van der Waals surface area contributed by atoms with E-state index >= 15 is 0 Å². The van der Waals surface area contributed by atoms with Crippen molar-refractivity contribution in [1.82, 2.24) is 9.78 Å². The summed E-state index contributed by atoms with van der Waals surface area (Å²) >= 11 is 0. The number of epoxide rings is 1. The Bertz CT molecular complexity index is 457. The largest absolute Gasteiger partial charge is 0.368 e. The second kappa shape index (κ2) is 2.33. The molecular formula is C10H10N2O. The standard InChI is InChI=1S/C10H10N2O/c1-12-9-4-2-3-7(10-6-13-10)8(9)5-11-12/h2-5,10H,6H2,1H3. The van der Waals surface area contributed by atoms with E-state index in [0.29, 0.717) is 6.10 Å². The molecule has 0 bridgehead atoms. The minimum absolute atomic E-state index is 0.313. The first-order valence-corrected chi connectivity index (χ1v) is 4.38. The number of hydrogen-bond acceptors (Lipinski definition) is 2. The molecule has 3 rings (SSSR count). The summed E-state index contributed by atoms with van der Waals surface area (Å²) in [5, 5.41) is 5.44. The van der Waals surface area contributed by atoms with E-state index in [2.05, 4.69) is 23.3 Å². The topological polar surface area (TPSA) is 30.4 Å². The van der Waals surface area contributed by atoms with Gasteiger partial charge in [0, 0.05) is 12.4 Å². The highest BCUT2D eigenvalue weighted by Gasteiger charge is 2.26. The van der Waals surface area contributed by atoms with Gasteiger partial charge in [-0.15, -0.1) is 0 Å². The molecule has 66 valence electrons. The van der Waals surface area contributed by atoms with Gasteiger partial charge in [0.15, 0.2) is 0 Å². The average molecular weight is 174 g/mol. The second-order valence-corrected chi connectivity index (χ2v) is 3.37. The van der Waals surface area contributed by atoms with E-state index in [0.717, 1.165) is 6.61 Å². The minimum Gasteiger partial charge on any atom is -0.368 e. The van der Waals surface area contributed by atoms with Crippen LogP contribution >= 0.6 is 0 Å². The number of fused-ring (bicyclic) bond motifs is 1. The van der Waals surface area contributed by atoms with Crippen LogP contribution in [-0.2, 0) is 11.8 Å². The Hall–Kier alpha value is -1.35. The summed E-state index contributed by atoms with van der Waals surface area (Å²) < 4.78 is 7.16. The van der Waals surface area contributed by atoms with Gasteiger partial charge in [-0.1, -0.05) is 12.1 Å². The van der Waals surface area contributed by atoms with Crippen molar-refractivity contribution >= 4 is 10.9 Å². The summed E-state index contributed by atoms with van der Waals surface area (Å²) in [6, 6.07) is 6.25. The summed E-state index contributed by atoms with van der Waals surface area (Å²) in [5.74, 6) is 0. The third-order valence-electron chi connectivity index (χ3n) is 2.51. The highest BCUT2D eigenvalue weighted by atomic mass is 16.6. The van der Waals surface area contributed by atoms with Crippen molar-refractivity contribution in [2.24, 2.45) is 7.05 Å². The van der Waals surface area contributed by atoms with Gasteiger partial charge in [0.2, 0.25) is 0 Å². The Labute approximate surface area is 75.9 Å². The summed E-state index contributed by atoms with van der Waals surface area (Å²) in [5.41, 5.74) is 2.44. The van der Waals surface area contributed by atoms with Gasteiger partial charge < -0.3 is 4.74 Å². The Balaban J connectivity index is 2.33. The average Bonchev–Trinajstić information content (AvgIpc) is 2.92. The van der Waals surface area contributed by atoms with Gasteiger partial charge in [0.25, 0.3) is 0 Å². The fourth-order valence-electron chi connectivity index (χ4n) is 1.71. The van der Waals surface area contributed by atoms with E-state index in [4.69, 9.17) is 4.74 Å². The number of benzene rings is 1. The molecule has 3 heteroatoms. The van der Waals surface area contributed by atoms with Crippen molar-refractivity contribution in [3.63, 3.8) is 0 Å². The molecule has 3 nitrogen and oxygen atoms in total. The van der Waals surface area contributed by atoms with E-state index in [9.17, 15) is 0 Å². The van der Waals surface area contributed by atoms with Gasteiger partial charge in [-0.3, -0.25) is 4.68 Å². The maximum atomic E-state index is 5.27. The van der Waals surface area contributed by atoms with Crippen LogP contribution in [0.1, 0.15) is 11.7 Å². The number of hydrogen-bond donors (Lipinski definition) is 0.